The summed E-state index contributed by atoms with van der Waals surface area (Å²) in [6.45, 7) is 0.446. The fourth-order valence-electron chi connectivity index (χ4n) is 1.63. The van der Waals surface area contributed by atoms with Crippen LogP contribution < -0.4 is 0 Å². The van der Waals surface area contributed by atoms with Gasteiger partial charge in [-0.1, -0.05) is 5.16 Å². The topological polar surface area (TPSA) is 83.6 Å². The predicted octanol–water partition coefficient (Wildman–Crippen LogP) is 1.31. The van der Waals surface area contributed by atoms with Crippen LogP contribution in [0, 0.1) is 13.8 Å². The minimum atomic E-state index is -4.66. The third-order valence-electron chi connectivity index (χ3n) is 2.56. The summed E-state index contributed by atoms with van der Waals surface area (Å²) in [5.74, 6) is -2.14. The standard InChI is InChI=1S/C11H13F3N2O4/c1-6-8(7(2)20-15-6)3-9(17)16(4-10(18)19)5-11(12,13)14/h3-5H2,1-2H3,(H,18,19). The fraction of sp³-hybridized carbons (Fsp3) is 0.545. The minimum Gasteiger partial charge on any atom is -0.480 e. The highest BCUT2D eigenvalue weighted by Crippen LogP contribution is 2.19. The number of aryl methyl sites for hydroxylation is 2. The van der Waals surface area contributed by atoms with Gasteiger partial charge in [-0.2, -0.15) is 13.2 Å². The molecule has 0 radical (unpaired) electrons. The summed E-state index contributed by atoms with van der Waals surface area (Å²) in [5.41, 5.74) is 0.755. The molecule has 0 aliphatic heterocycles. The van der Waals surface area contributed by atoms with E-state index in [0.717, 1.165) is 0 Å². The summed E-state index contributed by atoms with van der Waals surface area (Å²) in [7, 11) is 0. The van der Waals surface area contributed by atoms with E-state index >= 15 is 0 Å². The summed E-state index contributed by atoms with van der Waals surface area (Å²) < 4.78 is 41.8. The third kappa shape index (κ3) is 4.56. The van der Waals surface area contributed by atoms with Gasteiger partial charge in [-0.05, 0) is 13.8 Å². The second-order valence-electron chi connectivity index (χ2n) is 4.24. The molecule has 9 heteroatoms. The average Bonchev–Trinajstić information content (AvgIpc) is 2.57. The lowest BCUT2D eigenvalue weighted by Crippen LogP contribution is -2.42. The number of halogens is 3. The van der Waals surface area contributed by atoms with Gasteiger partial charge in [0.25, 0.3) is 0 Å². The number of aromatic nitrogens is 1. The van der Waals surface area contributed by atoms with Crippen molar-refractivity contribution in [2.45, 2.75) is 26.4 Å². The molecule has 1 amide bonds. The first-order chi connectivity index (χ1) is 9.10. The Bertz CT molecular complexity index is 491. The summed E-state index contributed by atoms with van der Waals surface area (Å²) >= 11 is 0. The van der Waals surface area contributed by atoms with Crippen LogP contribution in [-0.2, 0) is 16.0 Å². The van der Waals surface area contributed by atoms with Crippen LogP contribution in [0.1, 0.15) is 17.0 Å². The van der Waals surface area contributed by atoms with Crippen molar-refractivity contribution < 1.29 is 32.4 Å². The van der Waals surface area contributed by atoms with E-state index in [1.807, 2.05) is 0 Å². The SMILES string of the molecule is Cc1noc(C)c1CC(=O)N(CC(=O)O)CC(F)(F)F. The molecule has 0 saturated heterocycles. The molecule has 112 valence electrons. The molecule has 0 atom stereocenters. The van der Waals surface area contributed by atoms with Gasteiger partial charge in [-0.25, -0.2) is 0 Å². The number of carbonyl (C=O) groups is 2. The molecule has 1 aromatic heterocycles. The lowest BCUT2D eigenvalue weighted by Gasteiger charge is -2.22. The van der Waals surface area contributed by atoms with Crippen LogP contribution >= 0.6 is 0 Å². The molecule has 0 aromatic carbocycles. The number of hydrogen-bond acceptors (Lipinski definition) is 4. The highest BCUT2D eigenvalue weighted by Gasteiger charge is 2.34. The molecule has 1 rings (SSSR count). The first-order valence-corrected chi connectivity index (χ1v) is 5.58. The van der Waals surface area contributed by atoms with Crippen LogP contribution in [0.5, 0.6) is 0 Å². The summed E-state index contributed by atoms with van der Waals surface area (Å²) in [6, 6.07) is 0. The minimum absolute atomic E-state index is 0.244. The highest BCUT2D eigenvalue weighted by atomic mass is 19.4. The fourth-order valence-corrected chi connectivity index (χ4v) is 1.63. The number of carbonyl (C=O) groups excluding carboxylic acids is 1. The van der Waals surface area contributed by atoms with E-state index in [1.54, 1.807) is 6.92 Å². The molecular formula is C11H13F3N2O4. The molecule has 1 aromatic rings. The molecule has 0 bridgehead atoms. The smallest absolute Gasteiger partial charge is 0.406 e. The maximum atomic E-state index is 12.3. The Balaban J connectivity index is 2.85. The van der Waals surface area contributed by atoms with Crippen molar-refractivity contribution >= 4 is 11.9 Å². The van der Waals surface area contributed by atoms with Crippen LogP contribution in [-0.4, -0.2) is 46.3 Å². The van der Waals surface area contributed by atoms with Crippen molar-refractivity contribution in [3.8, 4) is 0 Å². The molecule has 1 heterocycles. The lowest BCUT2D eigenvalue weighted by atomic mass is 10.1. The summed E-state index contributed by atoms with van der Waals surface area (Å²) in [6.07, 6.45) is -5.05. The number of carboxylic acid groups (broad SMARTS) is 1. The molecule has 0 aliphatic carbocycles. The summed E-state index contributed by atoms with van der Waals surface area (Å²) in [4.78, 5) is 22.6. The summed E-state index contributed by atoms with van der Waals surface area (Å²) in [5, 5.41) is 12.2. The van der Waals surface area contributed by atoms with E-state index < -0.39 is 31.1 Å². The monoisotopic (exact) mass is 294 g/mol. The molecule has 0 saturated carbocycles. The van der Waals surface area contributed by atoms with Crippen molar-refractivity contribution in [2.75, 3.05) is 13.1 Å². The number of alkyl halides is 3. The maximum absolute atomic E-state index is 12.3. The van der Waals surface area contributed by atoms with Gasteiger partial charge in [0.05, 0.1) is 12.1 Å². The van der Waals surface area contributed by atoms with Gasteiger partial charge in [-0.15, -0.1) is 0 Å². The second kappa shape index (κ2) is 5.93. The van der Waals surface area contributed by atoms with Crippen molar-refractivity contribution in [3.05, 3.63) is 17.0 Å². The average molecular weight is 294 g/mol. The Hall–Kier alpha value is -2.06. The van der Waals surface area contributed by atoms with Crippen molar-refractivity contribution in [2.24, 2.45) is 0 Å². The van der Waals surface area contributed by atoms with Crippen molar-refractivity contribution in [1.29, 1.82) is 0 Å². The van der Waals surface area contributed by atoms with Gasteiger partial charge in [-0.3, -0.25) is 9.59 Å². The molecule has 0 fully saturated rings. The van der Waals surface area contributed by atoms with Crippen LogP contribution in [0.25, 0.3) is 0 Å². The molecule has 20 heavy (non-hydrogen) atoms. The zero-order chi connectivity index (χ0) is 15.5. The Morgan fingerprint density at radius 1 is 1.35 bits per heavy atom. The van der Waals surface area contributed by atoms with Crippen LogP contribution in [0.2, 0.25) is 0 Å². The molecule has 1 N–H and O–H groups in total. The maximum Gasteiger partial charge on any atom is 0.406 e. The van der Waals surface area contributed by atoms with Crippen LogP contribution in [0.3, 0.4) is 0 Å². The van der Waals surface area contributed by atoms with Crippen LogP contribution in [0.15, 0.2) is 4.52 Å². The zero-order valence-electron chi connectivity index (χ0n) is 10.8. The third-order valence-corrected chi connectivity index (χ3v) is 2.56. The molecule has 6 nitrogen and oxygen atoms in total. The van der Waals surface area contributed by atoms with E-state index in [2.05, 4.69) is 5.16 Å². The van der Waals surface area contributed by atoms with Gasteiger partial charge in [0.15, 0.2) is 0 Å². The first-order valence-electron chi connectivity index (χ1n) is 5.58. The van der Waals surface area contributed by atoms with E-state index in [9.17, 15) is 22.8 Å². The normalized spacial score (nSPS) is 11.4. The largest absolute Gasteiger partial charge is 0.480 e. The highest BCUT2D eigenvalue weighted by molar-refractivity contribution is 5.83. The second-order valence-corrected chi connectivity index (χ2v) is 4.24. The first kappa shape index (κ1) is 16.0. The molecular weight excluding hydrogens is 281 g/mol. The molecule has 0 aliphatic rings. The number of hydrogen-bond donors (Lipinski definition) is 1. The number of nitrogens with zero attached hydrogens (tertiary/aromatic N) is 2. The molecule has 0 spiro atoms. The zero-order valence-corrected chi connectivity index (χ0v) is 10.8. The van der Waals surface area contributed by atoms with E-state index in [-0.39, 0.29) is 11.3 Å². The van der Waals surface area contributed by atoms with Gasteiger partial charge < -0.3 is 14.5 Å². The van der Waals surface area contributed by atoms with Crippen LogP contribution in [0.4, 0.5) is 13.2 Å². The van der Waals surface area contributed by atoms with Gasteiger partial charge in [0.1, 0.15) is 18.8 Å². The molecule has 0 unspecified atom stereocenters. The van der Waals surface area contributed by atoms with Crippen molar-refractivity contribution in [3.63, 3.8) is 0 Å². The van der Waals surface area contributed by atoms with Crippen molar-refractivity contribution in [1.82, 2.24) is 10.1 Å². The van der Waals surface area contributed by atoms with Gasteiger partial charge >= 0.3 is 12.1 Å². The number of aliphatic carboxylic acids is 1. The predicted molar refractivity (Wildman–Crippen MR) is 60.0 cm³/mol. The van der Waals surface area contributed by atoms with E-state index in [4.69, 9.17) is 9.63 Å². The Labute approximate surface area is 112 Å². The number of carboxylic acids is 1. The van der Waals surface area contributed by atoms with E-state index in [0.29, 0.717) is 17.0 Å². The Morgan fingerprint density at radius 3 is 2.35 bits per heavy atom. The van der Waals surface area contributed by atoms with Gasteiger partial charge in [0.2, 0.25) is 5.91 Å². The Morgan fingerprint density at radius 2 is 1.95 bits per heavy atom. The van der Waals surface area contributed by atoms with Gasteiger partial charge in [0, 0.05) is 5.56 Å². The number of amides is 1. The Kier molecular flexibility index (Phi) is 4.74. The quantitative estimate of drug-likeness (QED) is 0.885. The lowest BCUT2D eigenvalue weighted by molar-refractivity contribution is -0.165. The number of rotatable bonds is 5. The van der Waals surface area contributed by atoms with E-state index in [1.165, 1.54) is 6.92 Å².